The van der Waals surface area contributed by atoms with Crippen LogP contribution in [-0.4, -0.2) is 13.1 Å². The van der Waals surface area contributed by atoms with Crippen molar-refractivity contribution in [2.75, 3.05) is 6.61 Å². The van der Waals surface area contributed by atoms with E-state index in [9.17, 15) is 4.79 Å². The lowest BCUT2D eigenvalue weighted by Crippen LogP contribution is -1.88. The molecule has 1 aromatic rings. The van der Waals surface area contributed by atoms with Crippen LogP contribution in [0, 0.1) is 0 Å². The summed E-state index contributed by atoms with van der Waals surface area (Å²) >= 11 is 5.79. The van der Waals surface area contributed by atoms with Crippen LogP contribution in [0.3, 0.4) is 0 Å². The predicted octanol–water partition coefficient (Wildman–Crippen LogP) is 3.39. The van der Waals surface area contributed by atoms with Crippen LogP contribution in [0.4, 0.5) is 0 Å². The zero-order chi connectivity index (χ0) is 11.6. The third-order valence-corrected chi connectivity index (χ3v) is 2.40. The van der Waals surface area contributed by atoms with Crippen LogP contribution in [0.25, 0.3) is 0 Å². The molecule has 0 radical (unpaired) electrons. The van der Waals surface area contributed by atoms with Crippen molar-refractivity contribution in [1.82, 2.24) is 0 Å². The van der Waals surface area contributed by atoms with Gasteiger partial charge in [-0.1, -0.05) is 35.9 Å². The molecule has 0 saturated carbocycles. The maximum Gasteiger partial charge on any atom is 0.293 e. The standard InChI is InChI=1S/C13H15ClO2/c14-13-8-6-12(7-9-13)5-3-1-2-4-10-16-11-15/h1-2,6-9,11H,3-5,10H2/b2-1+. The van der Waals surface area contributed by atoms with Gasteiger partial charge in [0.15, 0.2) is 0 Å². The third kappa shape index (κ3) is 5.56. The normalized spacial score (nSPS) is 10.6. The lowest BCUT2D eigenvalue weighted by molar-refractivity contribution is -0.128. The monoisotopic (exact) mass is 238 g/mol. The van der Waals surface area contributed by atoms with E-state index in [2.05, 4.69) is 10.8 Å². The Morgan fingerprint density at radius 3 is 2.50 bits per heavy atom. The Hall–Kier alpha value is -1.28. The van der Waals surface area contributed by atoms with E-state index in [4.69, 9.17) is 11.6 Å². The van der Waals surface area contributed by atoms with Crippen LogP contribution in [0.1, 0.15) is 18.4 Å². The summed E-state index contributed by atoms with van der Waals surface area (Å²) in [7, 11) is 0. The highest BCUT2D eigenvalue weighted by Gasteiger charge is 1.91. The van der Waals surface area contributed by atoms with E-state index in [0.717, 1.165) is 24.3 Å². The minimum absolute atomic E-state index is 0.459. The number of aryl methyl sites for hydroxylation is 1. The molecular formula is C13H15ClO2. The Balaban J connectivity index is 2.15. The van der Waals surface area contributed by atoms with Gasteiger partial charge in [-0.15, -0.1) is 0 Å². The van der Waals surface area contributed by atoms with Crippen LogP contribution in [0.15, 0.2) is 36.4 Å². The van der Waals surface area contributed by atoms with E-state index < -0.39 is 0 Å². The Labute approximate surface area is 101 Å². The van der Waals surface area contributed by atoms with Gasteiger partial charge in [-0.05, 0) is 37.0 Å². The third-order valence-electron chi connectivity index (χ3n) is 2.15. The largest absolute Gasteiger partial charge is 0.468 e. The maximum absolute atomic E-state index is 9.85. The van der Waals surface area contributed by atoms with E-state index in [1.807, 2.05) is 30.3 Å². The summed E-state index contributed by atoms with van der Waals surface area (Å²) in [5, 5.41) is 0.769. The number of benzene rings is 1. The second-order valence-corrected chi connectivity index (χ2v) is 3.83. The molecule has 0 saturated heterocycles. The van der Waals surface area contributed by atoms with Gasteiger partial charge in [-0.25, -0.2) is 0 Å². The topological polar surface area (TPSA) is 26.3 Å². The van der Waals surface area contributed by atoms with E-state index in [1.54, 1.807) is 0 Å². The Morgan fingerprint density at radius 2 is 1.81 bits per heavy atom. The van der Waals surface area contributed by atoms with Crippen LogP contribution < -0.4 is 0 Å². The SMILES string of the molecule is O=COCC/C=C/CCc1ccc(Cl)cc1. The van der Waals surface area contributed by atoms with Crippen molar-refractivity contribution in [3.63, 3.8) is 0 Å². The van der Waals surface area contributed by atoms with Gasteiger partial charge < -0.3 is 4.74 Å². The quantitative estimate of drug-likeness (QED) is 0.414. The van der Waals surface area contributed by atoms with E-state index in [1.165, 1.54) is 5.56 Å². The van der Waals surface area contributed by atoms with Gasteiger partial charge in [-0.3, -0.25) is 4.79 Å². The van der Waals surface area contributed by atoms with Gasteiger partial charge in [0.1, 0.15) is 0 Å². The first-order chi connectivity index (χ1) is 7.83. The molecule has 0 bridgehead atoms. The predicted molar refractivity (Wildman–Crippen MR) is 65.5 cm³/mol. The van der Waals surface area contributed by atoms with Crippen molar-refractivity contribution in [2.45, 2.75) is 19.3 Å². The summed E-state index contributed by atoms with van der Waals surface area (Å²) in [6.07, 6.45) is 6.90. The van der Waals surface area contributed by atoms with Gasteiger partial charge >= 0.3 is 0 Å². The molecule has 0 amide bonds. The Bertz CT molecular complexity index is 330. The van der Waals surface area contributed by atoms with E-state index >= 15 is 0 Å². The van der Waals surface area contributed by atoms with Crippen LogP contribution in [0.2, 0.25) is 5.02 Å². The molecule has 16 heavy (non-hydrogen) atoms. The zero-order valence-corrected chi connectivity index (χ0v) is 9.82. The number of rotatable bonds is 7. The van der Waals surface area contributed by atoms with E-state index in [-0.39, 0.29) is 0 Å². The average molecular weight is 239 g/mol. The molecule has 1 aromatic carbocycles. The molecule has 86 valence electrons. The smallest absolute Gasteiger partial charge is 0.293 e. The summed E-state index contributed by atoms with van der Waals surface area (Å²) in [6, 6.07) is 7.87. The average Bonchev–Trinajstić information content (AvgIpc) is 2.30. The van der Waals surface area contributed by atoms with Crippen molar-refractivity contribution in [3.8, 4) is 0 Å². The highest BCUT2D eigenvalue weighted by molar-refractivity contribution is 6.30. The molecule has 0 atom stereocenters. The molecule has 0 aliphatic heterocycles. The maximum atomic E-state index is 9.85. The minimum atomic E-state index is 0.459. The lowest BCUT2D eigenvalue weighted by Gasteiger charge is -1.98. The van der Waals surface area contributed by atoms with E-state index in [0.29, 0.717) is 13.1 Å². The number of ether oxygens (including phenoxy) is 1. The van der Waals surface area contributed by atoms with Gasteiger partial charge in [-0.2, -0.15) is 0 Å². The number of carbonyl (C=O) groups is 1. The molecular weight excluding hydrogens is 224 g/mol. The van der Waals surface area contributed by atoms with Crippen molar-refractivity contribution >= 4 is 18.1 Å². The van der Waals surface area contributed by atoms with Gasteiger partial charge in [0.2, 0.25) is 0 Å². The molecule has 0 unspecified atom stereocenters. The molecule has 0 spiro atoms. The van der Waals surface area contributed by atoms with Crippen molar-refractivity contribution in [1.29, 1.82) is 0 Å². The fraction of sp³-hybridized carbons (Fsp3) is 0.308. The van der Waals surface area contributed by atoms with Gasteiger partial charge in [0, 0.05) is 5.02 Å². The molecule has 0 N–H and O–H groups in total. The molecule has 0 heterocycles. The second kappa shape index (κ2) is 7.94. The Morgan fingerprint density at radius 1 is 1.12 bits per heavy atom. The minimum Gasteiger partial charge on any atom is -0.468 e. The number of carbonyl (C=O) groups excluding carboxylic acids is 1. The summed E-state index contributed by atoms with van der Waals surface area (Å²) in [5.74, 6) is 0. The first kappa shape index (κ1) is 12.8. The number of allylic oxidation sites excluding steroid dienone is 1. The number of hydrogen-bond acceptors (Lipinski definition) is 2. The number of hydrogen-bond donors (Lipinski definition) is 0. The lowest BCUT2D eigenvalue weighted by atomic mass is 10.1. The zero-order valence-electron chi connectivity index (χ0n) is 9.06. The molecule has 0 fully saturated rings. The summed E-state index contributed by atoms with van der Waals surface area (Å²) in [5.41, 5.74) is 1.28. The molecule has 3 heteroatoms. The summed E-state index contributed by atoms with van der Waals surface area (Å²) in [6.45, 7) is 0.933. The fourth-order valence-corrected chi connectivity index (χ4v) is 1.45. The van der Waals surface area contributed by atoms with Crippen molar-refractivity contribution in [3.05, 3.63) is 47.0 Å². The van der Waals surface area contributed by atoms with Crippen LogP contribution in [0.5, 0.6) is 0 Å². The van der Waals surface area contributed by atoms with Gasteiger partial charge in [0.05, 0.1) is 6.61 Å². The van der Waals surface area contributed by atoms with Crippen LogP contribution >= 0.6 is 11.6 Å². The number of halogens is 1. The summed E-state index contributed by atoms with van der Waals surface area (Å²) in [4.78, 5) is 9.85. The molecule has 0 aromatic heterocycles. The van der Waals surface area contributed by atoms with Crippen molar-refractivity contribution in [2.24, 2.45) is 0 Å². The summed E-state index contributed by atoms with van der Waals surface area (Å²) < 4.78 is 4.57. The van der Waals surface area contributed by atoms with Crippen LogP contribution in [-0.2, 0) is 16.0 Å². The first-order valence-electron chi connectivity index (χ1n) is 5.27. The molecule has 0 aliphatic rings. The fourth-order valence-electron chi connectivity index (χ4n) is 1.32. The highest BCUT2D eigenvalue weighted by Crippen LogP contribution is 2.11. The first-order valence-corrected chi connectivity index (χ1v) is 5.65. The van der Waals surface area contributed by atoms with Gasteiger partial charge in [0.25, 0.3) is 6.47 Å². The molecule has 0 aliphatic carbocycles. The second-order valence-electron chi connectivity index (χ2n) is 3.39. The Kier molecular flexibility index (Phi) is 6.35. The molecule has 1 rings (SSSR count). The van der Waals surface area contributed by atoms with Crippen molar-refractivity contribution < 1.29 is 9.53 Å². The molecule has 2 nitrogen and oxygen atoms in total. The highest BCUT2D eigenvalue weighted by atomic mass is 35.5.